The average Bonchev–Trinajstić information content (AvgIpc) is 4.02. The Hall–Kier alpha value is -3.16. The van der Waals surface area contributed by atoms with Crippen LogP contribution < -0.4 is 15.5 Å². The van der Waals surface area contributed by atoms with Gasteiger partial charge in [-0.15, -0.1) is 11.3 Å². The van der Waals surface area contributed by atoms with E-state index in [-0.39, 0.29) is 13.2 Å². The molecule has 8 rings (SSSR count). The molecule has 4 aliphatic rings. The summed E-state index contributed by atoms with van der Waals surface area (Å²) in [7, 11) is -6.89. The van der Waals surface area contributed by atoms with Crippen LogP contribution in [0.15, 0.2) is 52.4 Å². The van der Waals surface area contributed by atoms with Gasteiger partial charge in [0.15, 0.2) is 24.8 Å². The smallest absolute Gasteiger partial charge is 0.183 e. The first kappa shape index (κ1) is 38.1. The predicted octanol–water partition coefficient (Wildman–Crippen LogP) is 4.62. The lowest BCUT2D eigenvalue weighted by molar-refractivity contribution is 0.122. The number of ether oxygens (including phenoxy) is 4. The van der Waals surface area contributed by atoms with Gasteiger partial charge >= 0.3 is 0 Å². The number of thiazole rings is 2. The fraction of sp³-hybridized carbons (Fsp3) is 0.500. The zero-order valence-corrected chi connectivity index (χ0v) is 33.1. The van der Waals surface area contributed by atoms with Crippen molar-refractivity contribution in [2.75, 3.05) is 94.6 Å². The summed E-state index contributed by atoms with van der Waals surface area (Å²) in [5.41, 5.74) is 10.3. The van der Waals surface area contributed by atoms with E-state index in [1.165, 1.54) is 11.3 Å². The number of hydrogen-bond acceptors (Lipinski definition) is 15. The van der Waals surface area contributed by atoms with E-state index in [1.807, 2.05) is 26.0 Å². The molecule has 4 saturated heterocycles. The Morgan fingerprint density at radius 2 is 1.19 bits per heavy atom. The normalized spacial score (nSPS) is 21.1. The first-order valence-electron chi connectivity index (χ1n) is 17.7. The van der Waals surface area contributed by atoms with Crippen molar-refractivity contribution in [1.29, 1.82) is 0 Å². The number of nitrogen functional groups attached to an aromatic ring is 1. The number of rotatable bonds is 8. The second-order valence-corrected chi connectivity index (χ2v) is 20.1. The zero-order valence-electron chi connectivity index (χ0n) is 29.9. The Bertz CT molecular complexity index is 2110. The first-order valence-corrected chi connectivity index (χ1v) is 22.5. The van der Waals surface area contributed by atoms with E-state index in [1.54, 1.807) is 35.7 Å². The molecule has 2 aromatic heterocycles. The van der Waals surface area contributed by atoms with Crippen molar-refractivity contribution in [1.82, 2.24) is 9.97 Å². The van der Waals surface area contributed by atoms with Crippen molar-refractivity contribution in [3.05, 3.63) is 53.3 Å². The number of morpholine rings is 2. The Morgan fingerprint density at radius 1 is 0.679 bits per heavy atom. The summed E-state index contributed by atoms with van der Waals surface area (Å²) < 4.78 is 74.1. The Morgan fingerprint density at radius 3 is 1.62 bits per heavy atom. The summed E-state index contributed by atoms with van der Waals surface area (Å²) in [6, 6.07) is 11.2. The number of aromatic nitrogens is 2. The lowest BCUT2D eigenvalue weighted by Gasteiger charge is -2.29. The van der Waals surface area contributed by atoms with Gasteiger partial charge in [-0.25, -0.2) is 26.8 Å². The highest BCUT2D eigenvalue weighted by Crippen LogP contribution is 2.37. The number of hydrogen-bond donors (Lipinski definition) is 1. The van der Waals surface area contributed by atoms with Crippen LogP contribution in [0.5, 0.6) is 0 Å². The molecule has 0 spiro atoms. The molecule has 2 N–H and O–H groups in total. The Labute approximate surface area is 318 Å². The van der Waals surface area contributed by atoms with E-state index in [9.17, 15) is 16.8 Å². The largest absolute Gasteiger partial charge is 0.380 e. The second-order valence-electron chi connectivity index (χ2n) is 13.4. The van der Waals surface area contributed by atoms with Crippen LogP contribution in [0.25, 0.3) is 20.9 Å². The van der Waals surface area contributed by atoms with Gasteiger partial charge < -0.3 is 34.5 Å². The van der Waals surface area contributed by atoms with Crippen LogP contribution in [0, 0.1) is 13.8 Å². The molecule has 6 heterocycles. The highest BCUT2D eigenvalue weighted by Gasteiger charge is 2.34. The van der Waals surface area contributed by atoms with Gasteiger partial charge in [-0.1, -0.05) is 11.3 Å². The highest BCUT2D eigenvalue weighted by atomic mass is 32.2. The summed E-state index contributed by atoms with van der Waals surface area (Å²) in [4.78, 5) is 15.6. The standard InChI is InChI=1S/C19H24N2O4S2.C17H21N3O4S2/c1-13-19(26-14(2)20-13)15-9-16(21-4-7-24-8-5-21)11-18(10-15)27(22,23)17-3-6-25-12-17;18-17-19-10-16(25-17)12-7-13(20-2-5-23-6-3-20)9-15(8-12)26(21,22)14-1-4-24-11-14/h9-11,17H,3-8,12H2,1-2H3;7-10,14H,1-6,11H2,(H2,18,19)/t17-;14-/m11/s1. The molecule has 4 aromatic rings. The third-order valence-electron chi connectivity index (χ3n) is 9.82. The number of nitrogens with two attached hydrogens (primary N) is 1. The molecular weight excluding hydrogens is 759 g/mol. The molecular formula is C36H45N5O8S4. The molecule has 17 heteroatoms. The van der Waals surface area contributed by atoms with E-state index >= 15 is 0 Å². The van der Waals surface area contributed by atoms with Crippen LogP contribution in [0.1, 0.15) is 23.5 Å². The molecule has 286 valence electrons. The SMILES string of the molecule is Cc1nc(C)c(-c2cc(N3CCOCC3)cc(S(=O)(=O)[C@@H]3CCOC3)c2)s1.Nc1ncc(-c2cc(N3CCOCC3)cc(S(=O)(=O)[C@@H]3CCOC3)c2)s1. The van der Waals surface area contributed by atoms with Gasteiger partial charge in [-0.05, 0) is 74.2 Å². The molecule has 0 radical (unpaired) electrons. The monoisotopic (exact) mass is 803 g/mol. The lowest BCUT2D eigenvalue weighted by atomic mass is 10.1. The molecule has 4 aliphatic heterocycles. The van der Waals surface area contributed by atoms with Crippen LogP contribution in [0.2, 0.25) is 0 Å². The number of anilines is 3. The summed E-state index contributed by atoms with van der Waals surface area (Å²) in [5, 5.41) is 0.495. The molecule has 0 bridgehead atoms. The number of aryl methyl sites for hydroxylation is 2. The van der Waals surface area contributed by atoms with Gasteiger partial charge in [0.05, 0.1) is 80.4 Å². The van der Waals surface area contributed by atoms with Crippen molar-refractivity contribution < 1.29 is 35.8 Å². The highest BCUT2D eigenvalue weighted by molar-refractivity contribution is 7.92. The third-order valence-corrected chi connectivity index (χ3v) is 16.1. The van der Waals surface area contributed by atoms with Gasteiger partial charge in [0.1, 0.15) is 0 Å². The Kier molecular flexibility index (Phi) is 11.7. The van der Waals surface area contributed by atoms with Crippen LogP contribution in [-0.2, 0) is 38.6 Å². The fourth-order valence-corrected chi connectivity index (χ4v) is 11.8. The van der Waals surface area contributed by atoms with Gasteiger partial charge in [0.2, 0.25) is 0 Å². The van der Waals surface area contributed by atoms with Crippen LogP contribution in [-0.4, -0.2) is 116 Å². The number of nitrogens with zero attached hydrogens (tertiary/aromatic N) is 4. The maximum atomic E-state index is 13.2. The summed E-state index contributed by atoms with van der Waals surface area (Å²) in [6.45, 7) is 11.0. The average molecular weight is 804 g/mol. The zero-order chi connectivity index (χ0) is 37.2. The van der Waals surface area contributed by atoms with Crippen LogP contribution in [0.4, 0.5) is 16.5 Å². The topological polar surface area (TPSA) is 163 Å². The minimum absolute atomic E-state index is 0.257. The summed E-state index contributed by atoms with van der Waals surface area (Å²) in [5.74, 6) is 0. The van der Waals surface area contributed by atoms with E-state index in [0.29, 0.717) is 67.4 Å². The first-order chi connectivity index (χ1) is 25.5. The summed E-state index contributed by atoms with van der Waals surface area (Å²) in [6.07, 6.45) is 2.78. The van der Waals surface area contributed by atoms with Gasteiger partial charge in [-0.2, -0.15) is 0 Å². The summed E-state index contributed by atoms with van der Waals surface area (Å²) >= 11 is 2.95. The second kappa shape index (κ2) is 16.3. The van der Waals surface area contributed by atoms with Crippen LogP contribution in [0.3, 0.4) is 0 Å². The maximum absolute atomic E-state index is 13.2. The van der Waals surface area contributed by atoms with Gasteiger partial charge in [-0.3, -0.25) is 0 Å². The van der Waals surface area contributed by atoms with Crippen molar-refractivity contribution in [2.24, 2.45) is 0 Å². The predicted molar refractivity (Wildman–Crippen MR) is 208 cm³/mol. The molecule has 0 unspecified atom stereocenters. The number of sulfone groups is 2. The van der Waals surface area contributed by atoms with Crippen molar-refractivity contribution >= 4 is 58.9 Å². The van der Waals surface area contributed by atoms with E-state index in [2.05, 4.69) is 25.8 Å². The molecule has 2 atom stereocenters. The minimum atomic E-state index is -3.45. The van der Waals surface area contributed by atoms with E-state index in [4.69, 9.17) is 24.7 Å². The molecule has 0 amide bonds. The molecule has 13 nitrogen and oxygen atoms in total. The van der Waals surface area contributed by atoms with E-state index in [0.717, 1.165) is 69.1 Å². The number of benzene rings is 2. The quantitative estimate of drug-likeness (QED) is 0.263. The van der Waals surface area contributed by atoms with Crippen molar-refractivity contribution in [2.45, 2.75) is 47.0 Å². The van der Waals surface area contributed by atoms with Gasteiger partial charge in [0.25, 0.3) is 0 Å². The molecule has 4 fully saturated rings. The minimum Gasteiger partial charge on any atom is -0.380 e. The maximum Gasteiger partial charge on any atom is 0.183 e. The molecule has 0 saturated carbocycles. The Balaban J connectivity index is 0.000000164. The van der Waals surface area contributed by atoms with Crippen LogP contribution >= 0.6 is 22.7 Å². The molecule has 2 aromatic carbocycles. The molecule has 0 aliphatic carbocycles. The third kappa shape index (κ3) is 8.57. The van der Waals surface area contributed by atoms with Crippen molar-refractivity contribution in [3.63, 3.8) is 0 Å². The molecule has 53 heavy (non-hydrogen) atoms. The fourth-order valence-electron chi connectivity index (χ4n) is 6.90. The van der Waals surface area contributed by atoms with Crippen molar-refractivity contribution in [3.8, 4) is 20.9 Å². The van der Waals surface area contributed by atoms with Gasteiger partial charge in [0, 0.05) is 57.0 Å². The lowest BCUT2D eigenvalue weighted by Crippen LogP contribution is -2.36. The van der Waals surface area contributed by atoms with E-state index < -0.39 is 30.2 Å².